The number of fused-ring (bicyclic) bond motifs is 4. The van der Waals surface area contributed by atoms with E-state index in [0.29, 0.717) is 36.3 Å². The van der Waals surface area contributed by atoms with E-state index < -0.39 is 17.8 Å². The van der Waals surface area contributed by atoms with Gasteiger partial charge in [-0.3, -0.25) is 14.6 Å². The van der Waals surface area contributed by atoms with E-state index in [1.807, 2.05) is 37.3 Å². The van der Waals surface area contributed by atoms with Gasteiger partial charge in [0.25, 0.3) is 5.91 Å². The van der Waals surface area contributed by atoms with Crippen LogP contribution in [0.3, 0.4) is 0 Å². The maximum absolute atomic E-state index is 14.6. The normalized spacial score (nSPS) is 17.4. The van der Waals surface area contributed by atoms with Gasteiger partial charge in [0.2, 0.25) is 5.91 Å². The summed E-state index contributed by atoms with van der Waals surface area (Å²) in [6.07, 6.45) is 3.55. The van der Waals surface area contributed by atoms with Crippen molar-refractivity contribution in [3.05, 3.63) is 87.1 Å². The Labute approximate surface area is 238 Å². The van der Waals surface area contributed by atoms with Crippen molar-refractivity contribution in [3.8, 4) is 16.8 Å². The third-order valence-corrected chi connectivity index (χ3v) is 7.63. The average Bonchev–Trinajstić information content (AvgIpc) is 3.30. The molecule has 0 saturated carbocycles. The van der Waals surface area contributed by atoms with Gasteiger partial charge in [-0.15, -0.1) is 5.10 Å². The first kappa shape index (κ1) is 27.0. The van der Waals surface area contributed by atoms with Gasteiger partial charge in [-0.05, 0) is 61.7 Å². The summed E-state index contributed by atoms with van der Waals surface area (Å²) < 4.78 is 16.7. The van der Waals surface area contributed by atoms with Gasteiger partial charge in [0, 0.05) is 27.8 Å². The average molecular weight is 612 g/mol. The highest BCUT2D eigenvalue weighted by atomic mass is 79.9. The standard InChI is InChI=1S/C28H25BrClFN6O2/c1-15-5-3-7-21(23-13-17(11-12-32-23)19-10-9-18(29)14-22(19)34-27(15)38)33-28(39)26-16(2)37(36-35-26)24-8-4-6-20(30)25(24)31/h4,6,8-15,21H,3,5,7H2,1-2H3,(H,33,39)(H,34,38)/t15-,21+/m1/s1. The second-order valence-corrected chi connectivity index (χ2v) is 10.8. The van der Waals surface area contributed by atoms with Crippen LogP contribution in [-0.4, -0.2) is 31.8 Å². The van der Waals surface area contributed by atoms with Crippen LogP contribution < -0.4 is 10.6 Å². The number of aromatic nitrogens is 4. The van der Waals surface area contributed by atoms with Gasteiger partial charge in [0.15, 0.2) is 11.5 Å². The lowest BCUT2D eigenvalue weighted by atomic mass is 9.95. The van der Waals surface area contributed by atoms with Crippen molar-refractivity contribution < 1.29 is 14.0 Å². The van der Waals surface area contributed by atoms with Crippen LogP contribution in [0.1, 0.15) is 54.1 Å². The molecule has 4 aromatic rings. The molecule has 3 heterocycles. The summed E-state index contributed by atoms with van der Waals surface area (Å²) in [5.74, 6) is -1.40. The smallest absolute Gasteiger partial charge is 0.274 e. The molecule has 0 radical (unpaired) electrons. The van der Waals surface area contributed by atoms with Crippen LogP contribution in [0.2, 0.25) is 5.02 Å². The number of pyridine rings is 1. The fourth-order valence-corrected chi connectivity index (χ4v) is 5.17. The van der Waals surface area contributed by atoms with E-state index in [0.717, 1.165) is 15.6 Å². The number of amides is 2. The topological polar surface area (TPSA) is 102 Å². The molecule has 11 heteroatoms. The maximum Gasteiger partial charge on any atom is 0.274 e. The summed E-state index contributed by atoms with van der Waals surface area (Å²) in [5.41, 5.74) is 3.61. The number of carbonyl (C=O) groups is 2. The van der Waals surface area contributed by atoms with Crippen LogP contribution in [0.5, 0.6) is 0 Å². The minimum Gasteiger partial charge on any atom is -0.342 e. The Morgan fingerprint density at radius 1 is 1.21 bits per heavy atom. The number of halogens is 3. The first-order chi connectivity index (χ1) is 18.7. The number of benzene rings is 2. The molecule has 0 saturated heterocycles. The molecule has 2 aromatic heterocycles. The van der Waals surface area contributed by atoms with E-state index in [9.17, 15) is 14.0 Å². The molecule has 2 bridgehead atoms. The monoisotopic (exact) mass is 610 g/mol. The molecule has 2 atom stereocenters. The fourth-order valence-electron chi connectivity index (χ4n) is 4.64. The first-order valence-electron chi connectivity index (χ1n) is 12.5. The Morgan fingerprint density at radius 2 is 2.03 bits per heavy atom. The zero-order valence-corrected chi connectivity index (χ0v) is 23.6. The van der Waals surface area contributed by atoms with Crippen LogP contribution in [0.25, 0.3) is 16.8 Å². The quantitative estimate of drug-likeness (QED) is 0.278. The lowest BCUT2D eigenvalue weighted by Crippen LogP contribution is -2.30. The number of rotatable bonds is 3. The third-order valence-electron chi connectivity index (χ3n) is 6.84. The summed E-state index contributed by atoms with van der Waals surface area (Å²) in [7, 11) is 0. The fraction of sp³-hybridized carbons (Fsp3) is 0.250. The number of hydrogen-bond donors (Lipinski definition) is 2. The van der Waals surface area contributed by atoms with Crippen molar-refractivity contribution in [2.24, 2.45) is 5.92 Å². The van der Waals surface area contributed by atoms with E-state index in [-0.39, 0.29) is 28.2 Å². The van der Waals surface area contributed by atoms with Gasteiger partial charge in [-0.2, -0.15) is 0 Å². The van der Waals surface area contributed by atoms with Crippen LogP contribution in [0.15, 0.2) is 59.2 Å². The van der Waals surface area contributed by atoms with E-state index in [1.54, 1.807) is 19.2 Å². The van der Waals surface area contributed by atoms with E-state index in [1.165, 1.54) is 16.8 Å². The first-order valence-corrected chi connectivity index (χ1v) is 13.6. The van der Waals surface area contributed by atoms with Gasteiger partial charge in [0.05, 0.1) is 22.5 Å². The van der Waals surface area contributed by atoms with Crippen molar-refractivity contribution in [1.82, 2.24) is 25.3 Å². The SMILES string of the molecule is Cc1c(C(=O)N[C@H]2CCC[C@@H](C)C(=O)Nc3cc(Br)ccc3-c3ccnc2c3)nnn1-c1cccc(Cl)c1F. The third kappa shape index (κ3) is 5.58. The molecule has 2 amide bonds. The number of carbonyl (C=O) groups excluding carboxylic acids is 2. The molecular formula is C28H25BrClFN6O2. The zero-order valence-electron chi connectivity index (χ0n) is 21.2. The molecule has 1 aliphatic heterocycles. The Morgan fingerprint density at radius 3 is 2.85 bits per heavy atom. The molecule has 0 fully saturated rings. The van der Waals surface area contributed by atoms with Crippen molar-refractivity contribution >= 4 is 45.0 Å². The number of nitrogens with zero attached hydrogens (tertiary/aromatic N) is 4. The summed E-state index contributed by atoms with van der Waals surface area (Å²) in [6.45, 7) is 3.53. The molecule has 0 aliphatic carbocycles. The predicted molar refractivity (Wildman–Crippen MR) is 150 cm³/mol. The summed E-state index contributed by atoms with van der Waals surface area (Å²) in [6, 6.07) is 13.6. The van der Waals surface area contributed by atoms with Crippen molar-refractivity contribution in [3.63, 3.8) is 0 Å². The molecule has 0 spiro atoms. The van der Waals surface area contributed by atoms with E-state index in [2.05, 4.69) is 41.9 Å². The van der Waals surface area contributed by atoms with Gasteiger partial charge < -0.3 is 10.6 Å². The maximum atomic E-state index is 14.6. The second-order valence-electron chi connectivity index (χ2n) is 9.51. The number of nitrogens with one attached hydrogen (secondary N) is 2. The largest absolute Gasteiger partial charge is 0.342 e. The highest BCUT2D eigenvalue weighted by Crippen LogP contribution is 2.34. The van der Waals surface area contributed by atoms with Crippen LogP contribution in [-0.2, 0) is 4.79 Å². The minimum absolute atomic E-state index is 0.0515. The number of anilines is 1. The molecule has 5 rings (SSSR count). The molecule has 0 unspecified atom stereocenters. The second kappa shape index (κ2) is 11.2. The Bertz CT molecular complexity index is 1580. The van der Waals surface area contributed by atoms with Crippen LogP contribution >= 0.6 is 27.5 Å². The van der Waals surface area contributed by atoms with Gasteiger partial charge in [-0.1, -0.05) is 58.2 Å². The lowest BCUT2D eigenvalue weighted by molar-refractivity contribution is -0.119. The van der Waals surface area contributed by atoms with Crippen molar-refractivity contribution in [1.29, 1.82) is 0 Å². The predicted octanol–water partition coefficient (Wildman–Crippen LogP) is 6.42. The molecule has 200 valence electrons. The van der Waals surface area contributed by atoms with Gasteiger partial charge >= 0.3 is 0 Å². The van der Waals surface area contributed by atoms with E-state index >= 15 is 0 Å². The molecule has 39 heavy (non-hydrogen) atoms. The van der Waals surface area contributed by atoms with Crippen molar-refractivity contribution in [2.75, 3.05) is 5.32 Å². The summed E-state index contributed by atoms with van der Waals surface area (Å²) in [5, 5.41) is 14.1. The highest BCUT2D eigenvalue weighted by Gasteiger charge is 2.25. The van der Waals surface area contributed by atoms with Gasteiger partial charge in [-0.25, -0.2) is 9.07 Å². The van der Waals surface area contributed by atoms with Crippen molar-refractivity contribution in [2.45, 2.75) is 39.2 Å². The van der Waals surface area contributed by atoms with Crippen LogP contribution in [0.4, 0.5) is 10.1 Å². The highest BCUT2D eigenvalue weighted by molar-refractivity contribution is 9.10. The summed E-state index contributed by atoms with van der Waals surface area (Å²) in [4.78, 5) is 30.9. The zero-order chi connectivity index (χ0) is 27.7. The lowest BCUT2D eigenvalue weighted by Gasteiger charge is -2.22. The molecule has 2 aromatic carbocycles. The Kier molecular flexibility index (Phi) is 7.76. The minimum atomic E-state index is -0.648. The molecule has 1 aliphatic rings. The summed E-state index contributed by atoms with van der Waals surface area (Å²) >= 11 is 9.42. The molecular weight excluding hydrogens is 587 g/mol. The molecule has 8 nitrogen and oxygen atoms in total. The Hall–Kier alpha value is -3.63. The van der Waals surface area contributed by atoms with Crippen LogP contribution in [0, 0.1) is 18.7 Å². The number of hydrogen-bond acceptors (Lipinski definition) is 5. The van der Waals surface area contributed by atoms with Gasteiger partial charge in [0.1, 0.15) is 5.69 Å². The molecule has 2 N–H and O–H groups in total. The van der Waals surface area contributed by atoms with E-state index in [4.69, 9.17) is 11.6 Å². The Balaban J connectivity index is 1.49.